The molecule has 0 saturated carbocycles. The molecule has 2 fully saturated rings. The summed E-state index contributed by atoms with van der Waals surface area (Å²) in [6.07, 6.45) is 4.18. The average Bonchev–Trinajstić information content (AvgIpc) is 3.57. The third kappa shape index (κ3) is 6.44. The number of H-pyrrole nitrogens is 1. The molecule has 230 valence electrons. The average molecular weight is 651 g/mol. The molecule has 0 bridgehead atoms. The van der Waals surface area contributed by atoms with Crippen molar-refractivity contribution in [1.82, 2.24) is 14.8 Å². The molecule has 1 N–H and O–H groups in total. The van der Waals surface area contributed by atoms with Gasteiger partial charge in [-0.3, -0.25) is 14.5 Å². The molecule has 6 nitrogen and oxygen atoms in total. The van der Waals surface area contributed by atoms with E-state index in [1.54, 1.807) is 0 Å². The summed E-state index contributed by atoms with van der Waals surface area (Å²) in [4.78, 5) is 37.7. The fraction of sp³-hybridized carbons (Fsp3) is 0.371. The van der Waals surface area contributed by atoms with Crippen LogP contribution in [0.4, 0.5) is 0 Å². The van der Waals surface area contributed by atoms with Gasteiger partial charge in [-0.2, -0.15) is 0 Å². The Hall–Kier alpha value is -2.81. The first-order valence-corrected chi connectivity index (χ1v) is 16.8. The number of Topliss-reactive ketones (excluding diaryl/α,β-unsaturated/α-hetero) is 1. The summed E-state index contributed by atoms with van der Waals surface area (Å²) in [5.74, 6) is 0.0756. The molecule has 0 spiro atoms. The highest BCUT2D eigenvalue weighted by atomic mass is 35.5. The number of hydrogen-bond acceptors (Lipinski definition) is 5. The van der Waals surface area contributed by atoms with Crippen molar-refractivity contribution in [2.45, 2.75) is 54.3 Å². The minimum absolute atomic E-state index is 0.0362. The van der Waals surface area contributed by atoms with Crippen LogP contribution in [-0.2, 0) is 14.3 Å². The number of unbranched alkanes of at least 4 members (excludes halogenated alkanes) is 1. The lowest BCUT2D eigenvalue weighted by molar-refractivity contribution is -0.131. The molecule has 3 heterocycles. The molecule has 2 saturated heterocycles. The molecule has 6 rings (SSSR count). The molecule has 3 aromatic carbocycles. The number of fused-ring (bicyclic) bond motifs is 1. The maximum Gasteiger partial charge on any atom is 0.225 e. The molecule has 0 radical (unpaired) electrons. The van der Waals surface area contributed by atoms with Gasteiger partial charge in [-0.05, 0) is 68.3 Å². The van der Waals surface area contributed by atoms with Gasteiger partial charge in [0.25, 0.3) is 0 Å². The number of hydrogen-bond donors (Lipinski definition) is 1. The number of carbonyl (C=O) groups is 2. The van der Waals surface area contributed by atoms with Crippen molar-refractivity contribution in [2.24, 2.45) is 0 Å². The van der Waals surface area contributed by atoms with Crippen LogP contribution in [0, 0.1) is 0 Å². The number of nitrogens with zero attached hydrogens (tertiary/aromatic N) is 2. The largest absolute Gasteiger partial charge is 0.379 e. The zero-order valence-electron chi connectivity index (χ0n) is 24.8. The van der Waals surface area contributed by atoms with E-state index in [2.05, 4.69) is 9.88 Å². The summed E-state index contributed by atoms with van der Waals surface area (Å²) >= 11 is 14.1. The highest BCUT2D eigenvalue weighted by Gasteiger charge is 2.58. The van der Waals surface area contributed by atoms with E-state index >= 15 is 0 Å². The number of rotatable bonds is 11. The number of carbonyl (C=O) groups excluding carboxylic acids is 2. The number of ketones is 1. The number of amides is 1. The lowest BCUT2D eigenvalue weighted by atomic mass is 9.86. The zero-order chi connectivity index (χ0) is 30.7. The Labute approximate surface area is 273 Å². The van der Waals surface area contributed by atoms with Crippen LogP contribution in [0.2, 0.25) is 10.0 Å². The number of thioether (sulfide) groups is 1. The monoisotopic (exact) mass is 649 g/mol. The minimum atomic E-state index is -1.02. The number of ether oxygens (including phenoxy) is 1. The van der Waals surface area contributed by atoms with Gasteiger partial charge in [-0.15, -0.1) is 11.8 Å². The number of benzene rings is 3. The molecule has 9 heteroatoms. The van der Waals surface area contributed by atoms with E-state index < -0.39 is 10.8 Å². The zero-order valence-corrected chi connectivity index (χ0v) is 27.1. The van der Waals surface area contributed by atoms with Crippen molar-refractivity contribution >= 4 is 57.6 Å². The number of morpholine rings is 1. The van der Waals surface area contributed by atoms with Crippen LogP contribution < -0.4 is 0 Å². The Bertz CT molecular complexity index is 1610. The number of aromatic nitrogens is 1. The van der Waals surface area contributed by atoms with Crippen LogP contribution in [-0.4, -0.2) is 64.1 Å². The predicted molar refractivity (Wildman–Crippen MR) is 179 cm³/mol. The maximum absolute atomic E-state index is 14.7. The Morgan fingerprint density at radius 1 is 1.02 bits per heavy atom. The molecule has 0 aliphatic carbocycles. The van der Waals surface area contributed by atoms with Crippen molar-refractivity contribution in [2.75, 3.05) is 32.8 Å². The van der Waals surface area contributed by atoms with Gasteiger partial charge < -0.3 is 14.6 Å². The standard InChI is InChI=1S/C35H37Cl2N3O3S/c1-24(25-10-12-26(36)13-11-25)40-33(42)22-35(44-28-7-3-2-4-8-28,32(41)9-5-6-16-39-17-19-43-20-18-39)34(40)30-23-38-31-21-27(37)14-15-29(30)31/h2-4,7-8,10-15,21,23-24,34,38H,5-6,9,16-20,22H2,1H3/t24-,34+,35+/m1/s1. The molecule has 0 unspecified atom stereocenters. The normalized spacial score (nSPS) is 21.7. The third-order valence-electron chi connectivity index (χ3n) is 8.91. The van der Waals surface area contributed by atoms with Gasteiger partial charge in [0.1, 0.15) is 4.75 Å². The lowest BCUT2D eigenvalue weighted by Crippen LogP contribution is -2.42. The van der Waals surface area contributed by atoms with Gasteiger partial charge >= 0.3 is 0 Å². The summed E-state index contributed by atoms with van der Waals surface area (Å²) < 4.78 is 4.47. The van der Waals surface area contributed by atoms with Crippen LogP contribution in [0.15, 0.2) is 83.9 Å². The summed E-state index contributed by atoms with van der Waals surface area (Å²) in [6, 6.07) is 22.6. The number of likely N-dealkylation sites (tertiary alicyclic amines) is 1. The molecule has 2 aliphatic heterocycles. The van der Waals surface area contributed by atoms with Crippen molar-refractivity contribution in [3.05, 3.63) is 100 Å². The fourth-order valence-corrected chi connectivity index (χ4v) is 8.40. The van der Waals surface area contributed by atoms with Crippen LogP contribution in [0.1, 0.15) is 55.8 Å². The second-order valence-electron chi connectivity index (χ2n) is 11.7. The van der Waals surface area contributed by atoms with Crippen molar-refractivity contribution < 1.29 is 14.3 Å². The molecule has 4 aromatic rings. The first-order chi connectivity index (χ1) is 21.4. The SMILES string of the molecule is C[C@H](c1ccc(Cl)cc1)N1C(=O)C[C@](Sc2ccccc2)(C(=O)CCCCN2CCOCC2)[C@@H]1c1c[nH]c2cc(Cl)ccc12. The van der Waals surface area contributed by atoms with Crippen LogP contribution in [0.3, 0.4) is 0 Å². The minimum Gasteiger partial charge on any atom is -0.379 e. The highest BCUT2D eigenvalue weighted by molar-refractivity contribution is 8.01. The van der Waals surface area contributed by atoms with Crippen LogP contribution >= 0.6 is 35.0 Å². The number of aromatic amines is 1. The lowest BCUT2D eigenvalue weighted by Gasteiger charge is -2.39. The van der Waals surface area contributed by atoms with E-state index in [-0.39, 0.29) is 24.2 Å². The summed E-state index contributed by atoms with van der Waals surface area (Å²) in [7, 11) is 0. The first kappa shape index (κ1) is 31.2. The molecule has 44 heavy (non-hydrogen) atoms. The number of halogens is 2. The smallest absolute Gasteiger partial charge is 0.225 e. The van der Waals surface area contributed by atoms with Crippen molar-refractivity contribution in [1.29, 1.82) is 0 Å². The first-order valence-electron chi connectivity index (χ1n) is 15.3. The Morgan fingerprint density at radius 2 is 1.75 bits per heavy atom. The summed E-state index contributed by atoms with van der Waals surface area (Å²) in [6.45, 7) is 6.37. The number of nitrogens with one attached hydrogen (secondary N) is 1. The van der Waals surface area contributed by atoms with Crippen LogP contribution in [0.25, 0.3) is 10.9 Å². The molecule has 1 aromatic heterocycles. The van der Waals surface area contributed by atoms with Crippen molar-refractivity contribution in [3.63, 3.8) is 0 Å². The molecular formula is C35H37Cl2N3O3S. The van der Waals surface area contributed by atoms with E-state index in [0.717, 1.165) is 72.6 Å². The molecule has 3 atom stereocenters. The molecular weight excluding hydrogens is 613 g/mol. The topological polar surface area (TPSA) is 65.6 Å². The quantitative estimate of drug-likeness (QED) is 0.166. The maximum atomic E-state index is 14.7. The van der Waals surface area contributed by atoms with E-state index in [0.29, 0.717) is 16.5 Å². The fourth-order valence-electron chi connectivity index (χ4n) is 6.63. The highest BCUT2D eigenvalue weighted by Crippen LogP contribution is 2.57. The third-order valence-corrected chi connectivity index (χ3v) is 10.9. The van der Waals surface area contributed by atoms with E-state index in [9.17, 15) is 9.59 Å². The van der Waals surface area contributed by atoms with E-state index in [4.69, 9.17) is 27.9 Å². The Kier molecular flexibility index (Phi) is 9.69. The van der Waals surface area contributed by atoms with Gasteiger partial charge in [-0.1, -0.05) is 59.6 Å². The van der Waals surface area contributed by atoms with Crippen molar-refractivity contribution in [3.8, 4) is 0 Å². The van der Waals surface area contributed by atoms with Crippen LogP contribution in [0.5, 0.6) is 0 Å². The van der Waals surface area contributed by atoms with Gasteiger partial charge in [0.05, 0.1) is 31.7 Å². The predicted octanol–water partition coefficient (Wildman–Crippen LogP) is 8.11. The van der Waals surface area contributed by atoms with E-state index in [1.165, 1.54) is 11.8 Å². The molecule has 1 amide bonds. The van der Waals surface area contributed by atoms with Gasteiger partial charge in [-0.25, -0.2) is 0 Å². The Balaban J connectivity index is 1.41. The second kappa shape index (κ2) is 13.7. The van der Waals surface area contributed by atoms with Gasteiger partial charge in [0.15, 0.2) is 5.78 Å². The van der Waals surface area contributed by atoms with Gasteiger partial charge in [0.2, 0.25) is 5.91 Å². The van der Waals surface area contributed by atoms with Gasteiger partial charge in [0, 0.05) is 57.1 Å². The van der Waals surface area contributed by atoms with E-state index in [1.807, 2.05) is 90.8 Å². The summed E-state index contributed by atoms with van der Waals surface area (Å²) in [5, 5.41) is 2.22. The summed E-state index contributed by atoms with van der Waals surface area (Å²) in [5.41, 5.74) is 2.77. The molecule has 2 aliphatic rings. The Morgan fingerprint density at radius 3 is 2.50 bits per heavy atom. The second-order valence-corrected chi connectivity index (χ2v) is 14.0.